The summed E-state index contributed by atoms with van der Waals surface area (Å²) in [6.07, 6.45) is 4.41. The van der Waals surface area contributed by atoms with Gasteiger partial charge in [0.2, 0.25) is 5.82 Å². The summed E-state index contributed by atoms with van der Waals surface area (Å²) in [6.45, 7) is 1.91. The van der Waals surface area contributed by atoms with E-state index in [0.29, 0.717) is 28.9 Å². The first-order chi connectivity index (χ1) is 14.5. The highest BCUT2D eigenvalue weighted by molar-refractivity contribution is 5.54. The van der Waals surface area contributed by atoms with E-state index in [1.165, 1.54) is 0 Å². The molecule has 162 valence electrons. The predicted octanol–water partition coefficient (Wildman–Crippen LogP) is 6.77. The van der Waals surface area contributed by atoms with Gasteiger partial charge >= 0.3 is 0 Å². The predicted molar refractivity (Wildman–Crippen MR) is 107 cm³/mol. The molecule has 2 atom stereocenters. The molecule has 1 saturated heterocycles. The molecule has 4 rings (SSSR count). The Bertz CT molecular complexity index is 920. The van der Waals surface area contributed by atoms with E-state index in [2.05, 4.69) is 6.92 Å². The van der Waals surface area contributed by atoms with Gasteiger partial charge in [0.05, 0.1) is 19.4 Å². The monoisotopic (exact) mass is 422 g/mol. The molecule has 2 aliphatic heterocycles. The van der Waals surface area contributed by atoms with Crippen LogP contribution in [0.2, 0.25) is 0 Å². The standard InChI is InChI=1S/C24H26F4O2/c1-2-4-18-9-8-16(13-29-18)19-12-17-11-15-7-6-14(5-3-10-25)20(26)23(15)30-24(17)22(28)21(19)27/h6-7,12,16,18H,2-5,8-11,13H2,1H3. The van der Waals surface area contributed by atoms with Crippen molar-refractivity contribution in [1.82, 2.24) is 0 Å². The van der Waals surface area contributed by atoms with Crippen LogP contribution in [0.25, 0.3) is 0 Å². The number of fused-ring (bicyclic) bond motifs is 2. The van der Waals surface area contributed by atoms with Crippen LogP contribution >= 0.6 is 0 Å². The van der Waals surface area contributed by atoms with Crippen molar-refractivity contribution >= 4 is 0 Å². The van der Waals surface area contributed by atoms with Gasteiger partial charge in [0.15, 0.2) is 23.1 Å². The zero-order valence-corrected chi connectivity index (χ0v) is 17.1. The zero-order chi connectivity index (χ0) is 21.3. The van der Waals surface area contributed by atoms with Gasteiger partial charge in [-0.25, -0.2) is 8.78 Å². The van der Waals surface area contributed by atoms with Crippen LogP contribution in [-0.2, 0) is 17.6 Å². The maximum atomic E-state index is 14.9. The second-order valence-corrected chi connectivity index (χ2v) is 8.20. The number of hydrogen-bond donors (Lipinski definition) is 0. The number of aryl methyl sites for hydroxylation is 1. The summed E-state index contributed by atoms with van der Waals surface area (Å²) in [6, 6.07) is 4.97. The van der Waals surface area contributed by atoms with Crippen molar-refractivity contribution in [3.05, 3.63) is 57.9 Å². The molecule has 2 aromatic rings. The van der Waals surface area contributed by atoms with Crippen molar-refractivity contribution in [3.63, 3.8) is 0 Å². The number of alkyl halides is 1. The van der Waals surface area contributed by atoms with Crippen molar-refractivity contribution in [3.8, 4) is 11.5 Å². The summed E-state index contributed by atoms with van der Waals surface area (Å²) in [5.41, 5.74) is 1.69. The molecule has 0 radical (unpaired) electrons. The molecule has 0 N–H and O–H groups in total. The topological polar surface area (TPSA) is 18.5 Å². The lowest BCUT2D eigenvalue weighted by molar-refractivity contribution is -0.00185. The number of halogens is 4. The van der Waals surface area contributed by atoms with Crippen LogP contribution in [0, 0.1) is 17.5 Å². The van der Waals surface area contributed by atoms with E-state index >= 15 is 0 Å². The van der Waals surface area contributed by atoms with Crippen LogP contribution in [0.15, 0.2) is 18.2 Å². The third-order valence-electron chi connectivity index (χ3n) is 6.11. The van der Waals surface area contributed by atoms with Crippen LogP contribution in [0.1, 0.15) is 67.2 Å². The largest absolute Gasteiger partial charge is 0.450 e. The lowest BCUT2D eigenvalue weighted by Crippen LogP contribution is -2.25. The van der Waals surface area contributed by atoms with Crippen molar-refractivity contribution in [2.75, 3.05) is 13.3 Å². The van der Waals surface area contributed by atoms with Crippen LogP contribution in [0.5, 0.6) is 11.5 Å². The minimum absolute atomic E-state index is 0.0895. The van der Waals surface area contributed by atoms with E-state index in [0.717, 1.165) is 25.7 Å². The minimum Gasteiger partial charge on any atom is -0.450 e. The molecule has 2 unspecified atom stereocenters. The van der Waals surface area contributed by atoms with Gasteiger partial charge in [-0.2, -0.15) is 4.39 Å². The normalized spacial score (nSPS) is 20.4. The van der Waals surface area contributed by atoms with Gasteiger partial charge in [-0.3, -0.25) is 4.39 Å². The van der Waals surface area contributed by atoms with E-state index < -0.39 is 24.1 Å². The van der Waals surface area contributed by atoms with Gasteiger partial charge in [-0.05, 0) is 49.3 Å². The molecule has 2 aliphatic rings. The lowest BCUT2D eigenvalue weighted by atomic mass is 9.87. The molecular weight excluding hydrogens is 396 g/mol. The molecule has 30 heavy (non-hydrogen) atoms. The number of hydrogen-bond acceptors (Lipinski definition) is 2. The first kappa shape index (κ1) is 21.2. The van der Waals surface area contributed by atoms with E-state index in [4.69, 9.17) is 9.47 Å². The quantitative estimate of drug-likeness (QED) is 0.408. The van der Waals surface area contributed by atoms with E-state index in [-0.39, 0.29) is 42.8 Å². The van der Waals surface area contributed by atoms with Crippen LogP contribution in [0.3, 0.4) is 0 Å². The smallest absolute Gasteiger partial charge is 0.201 e. The number of ether oxygens (including phenoxy) is 2. The van der Waals surface area contributed by atoms with Crippen molar-refractivity contribution in [1.29, 1.82) is 0 Å². The zero-order valence-electron chi connectivity index (χ0n) is 17.1. The second-order valence-electron chi connectivity index (χ2n) is 8.20. The Labute approximate surface area is 174 Å². The molecule has 0 amide bonds. The fourth-order valence-electron chi connectivity index (χ4n) is 4.47. The second kappa shape index (κ2) is 8.96. The summed E-state index contributed by atoms with van der Waals surface area (Å²) >= 11 is 0. The van der Waals surface area contributed by atoms with E-state index in [1.807, 2.05) is 0 Å². The maximum absolute atomic E-state index is 14.9. The maximum Gasteiger partial charge on any atom is 0.201 e. The van der Waals surface area contributed by atoms with Gasteiger partial charge in [-0.15, -0.1) is 0 Å². The third kappa shape index (κ3) is 3.94. The van der Waals surface area contributed by atoms with Gasteiger partial charge in [0.1, 0.15) is 0 Å². The third-order valence-corrected chi connectivity index (χ3v) is 6.11. The lowest BCUT2D eigenvalue weighted by Gasteiger charge is -2.30. The molecule has 1 fully saturated rings. The molecule has 0 aromatic heterocycles. The van der Waals surface area contributed by atoms with Gasteiger partial charge in [0, 0.05) is 23.5 Å². The SMILES string of the molecule is CCCC1CCC(c2cc3c(c(F)c2F)Oc2c(ccc(CCCF)c2F)C3)CO1. The van der Waals surface area contributed by atoms with Crippen molar-refractivity contribution < 1.29 is 27.0 Å². The highest BCUT2D eigenvalue weighted by atomic mass is 19.2. The summed E-state index contributed by atoms with van der Waals surface area (Å²) < 4.78 is 68.4. The summed E-state index contributed by atoms with van der Waals surface area (Å²) in [5.74, 6) is -3.22. The number of benzene rings is 2. The fraction of sp³-hybridized carbons (Fsp3) is 0.500. The summed E-state index contributed by atoms with van der Waals surface area (Å²) in [4.78, 5) is 0. The molecule has 0 spiro atoms. The fourth-order valence-corrected chi connectivity index (χ4v) is 4.47. The van der Waals surface area contributed by atoms with Crippen molar-refractivity contribution in [2.24, 2.45) is 0 Å². The van der Waals surface area contributed by atoms with Crippen molar-refractivity contribution in [2.45, 2.75) is 63.9 Å². The average Bonchev–Trinajstić information content (AvgIpc) is 2.76. The molecule has 2 heterocycles. The molecule has 2 aromatic carbocycles. The van der Waals surface area contributed by atoms with E-state index in [1.54, 1.807) is 18.2 Å². The molecule has 6 heteroatoms. The molecule has 0 saturated carbocycles. The Morgan fingerprint density at radius 2 is 1.80 bits per heavy atom. The van der Waals surface area contributed by atoms with Gasteiger partial charge in [-0.1, -0.05) is 25.5 Å². The molecular formula is C24H26F4O2. The minimum atomic E-state index is -1.09. The Kier molecular flexibility index (Phi) is 6.32. The Morgan fingerprint density at radius 1 is 1.00 bits per heavy atom. The van der Waals surface area contributed by atoms with Crippen LogP contribution in [-0.4, -0.2) is 19.4 Å². The Morgan fingerprint density at radius 3 is 2.50 bits per heavy atom. The Hall–Kier alpha value is -2.08. The highest BCUT2D eigenvalue weighted by Gasteiger charge is 2.32. The van der Waals surface area contributed by atoms with Gasteiger partial charge < -0.3 is 9.47 Å². The highest BCUT2D eigenvalue weighted by Crippen LogP contribution is 2.44. The summed E-state index contributed by atoms with van der Waals surface area (Å²) in [5, 5.41) is 0. The molecule has 0 bridgehead atoms. The summed E-state index contributed by atoms with van der Waals surface area (Å²) in [7, 11) is 0. The Balaban J connectivity index is 1.61. The molecule has 2 nitrogen and oxygen atoms in total. The average molecular weight is 422 g/mol. The van der Waals surface area contributed by atoms with E-state index in [9.17, 15) is 17.6 Å². The van der Waals surface area contributed by atoms with Crippen LogP contribution < -0.4 is 4.74 Å². The first-order valence-electron chi connectivity index (χ1n) is 10.7. The number of rotatable bonds is 6. The molecule has 0 aliphatic carbocycles. The van der Waals surface area contributed by atoms with Crippen LogP contribution in [0.4, 0.5) is 17.6 Å². The van der Waals surface area contributed by atoms with Gasteiger partial charge in [0.25, 0.3) is 0 Å². The first-order valence-corrected chi connectivity index (χ1v) is 10.7.